The Morgan fingerprint density at radius 1 is 1.21 bits per heavy atom. The van der Waals surface area contributed by atoms with Gasteiger partial charge in [0.1, 0.15) is 5.75 Å². The number of nitro benzene ring substituents is 1. The molecular formula is C15H12ClNO6S. The zero-order valence-corrected chi connectivity index (χ0v) is 14.2. The predicted molar refractivity (Wildman–Crippen MR) is 87.4 cm³/mol. The lowest BCUT2D eigenvalue weighted by Gasteiger charge is -2.08. The van der Waals surface area contributed by atoms with Crippen LogP contribution >= 0.6 is 11.6 Å². The minimum absolute atomic E-state index is 0.219. The Labute approximate surface area is 142 Å². The molecule has 126 valence electrons. The number of nitrogens with zero attached hydrogens (tertiary/aromatic N) is 1. The van der Waals surface area contributed by atoms with Crippen LogP contribution in [0.2, 0.25) is 5.02 Å². The summed E-state index contributed by atoms with van der Waals surface area (Å²) >= 11 is 5.81. The van der Waals surface area contributed by atoms with E-state index in [1.54, 1.807) is 13.0 Å². The van der Waals surface area contributed by atoms with Gasteiger partial charge in [0.15, 0.2) is 9.84 Å². The molecule has 2 aromatic rings. The smallest absolute Gasteiger partial charge is 0.343 e. The fraction of sp³-hybridized carbons (Fsp3) is 0.133. The normalized spacial score (nSPS) is 11.1. The van der Waals surface area contributed by atoms with Gasteiger partial charge in [0.2, 0.25) is 0 Å². The molecule has 2 rings (SSSR count). The highest BCUT2D eigenvalue weighted by molar-refractivity contribution is 7.90. The number of hydrogen-bond donors (Lipinski definition) is 0. The Kier molecular flexibility index (Phi) is 4.91. The van der Waals surface area contributed by atoms with Gasteiger partial charge in [0.25, 0.3) is 5.69 Å². The van der Waals surface area contributed by atoms with Crippen molar-refractivity contribution >= 4 is 33.1 Å². The number of carbonyl (C=O) groups excluding carboxylic acids is 1. The van der Waals surface area contributed by atoms with Crippen molar-refractivity contribution in [2.75, 3.05) is 6.26 Å². The van der Waals surface area contributed by atoms with Crippen molar-refractivity contribution < 1.29 is 22.9 Å². The molecule has 0 aliphatic carbocycles. The molecular weight excluding hydrogens is 358 g/mol. The van der Waals surface area contributed by atoms with E-state index in [-0.39, 0.29) is 16.2 Å². The van der Waals surface area contributed by atoms with Gasteiger partial charge in [-0.3, -0.25) is 10.1 Å². The molecule has 2 aromatic carbocycles. The number of ether oxygens (including phenoxy) is 1. The zero-order valence-electron chi connectivity index (χ0n) is 12.6. The maximum atomic E-state index is 12.2. The number of non-ortho nitro benzene ring substituents is 1. The van der Waals surface area contributed by atoms with Crippen LogP contribution in [-0.2, 0) is 9.84 Å². The third kappa shape index (κ3) is 4.09. The van der Waals surface area contributed by atoms with Gasteiger partial charge in [-0.05, 0) is 36.8 Å². The van der Waals surface area contributed by atoms with E-state index >= 15 is 0 Å². The number of hydrogen-bond acceptors (Lipinski definition) is 6. The fourth-order valence-electron chi connectivity index (χ4n) is 1.91. The second-order valence-electron chi connectivity index (χ2n) is 5.04. The Balaban J connectivity index is 2.45. The fourth-order valence-corrected chi connectivity index (χ4v) is 2.81. The van der Waals surface area contributed by atoms with E-state index < -0.39 is 26.4 Å². The maximum Gasteiger partial charge on any atom is 0.343 e. The number of halogens is 1. The van der Waals surface area contributed by atoms with E-state index in [1.807, 2.05) is 0 Å². The standard InChI is InChI=1S/C15H12ClNO6S/c1-9-5-11(16)3-4-14(9)23-15(18)10-6-12(17(19)20)8-13(7-10)24(2,21)22/h3-8H,1-2H3. The third-order valence-corrected chi connectivity index (χ3v) is 4.43. The first-order valence-electron chi connectivity index (χ1n) is 6.56. The molecule has 24 heavy (non-hydrogen) atoms. The van der Waals surface area contributed by atoms with Gasteiger partial charge in [-0.1, -0.05) is 11.6 Å². The van der Waals surface area contributed by atoms with Crippen LogP contribution < -0.4 is 4.74 Å². The molecule has 0 heterocycles. The molecule has 0 saturated heterocycles. The van der Waals surface area contributed by atoms with Crippen molar-refractivity contribution in [3.8, 4) is 5.75 Å². The molecule has 0 atom stereocenters. The van der Waals surface area contributed by atoms with Gasteiger partial charge in [0, 0.05) is 23.4 Å². The lowest BCUT2D eigenvalue weighted by molar-refractivity contribution is -0.385. The maximum absolute atomic E-state index is 12.2. The number of benzene rings is 2. The number of rotatable bonds is 4. The Morgan fingerprint density at radius 3 is 2.42 bits per heavy atom. The van der Waals surface area contributed by atoms with Gasteiger partial charge >= 0.3 is 5.97 Å². The minimum atomic E-state index is -3.73. The lowest BCUT2D eigenvalue weighted by Crippen LogP contribution is -2.11. The highest BCUT2D eigenvalue weighted by atomic mass is 35.5. The lowest BCUT2D eigenvalue weighted by atomic mass is 10.2. The van der Waals surface area contributed by atoms with Crippen molar-refractivity contribution in [3.05, 3.63) is 62.7 Å². The summed E-state index contributed by atoms with van der Waals surface area (Å²) in [5.74, 6) is -0.689. The van der Waals surface area contributed by atoms with Crippen LogP contribution in [-0.4, -0.2) is 25.6 Å². The third-order valence-electron chi connectivity index (χ3n) is 3.11. The van der Waals surface area contributed by atoms with Crippen LogP contribution in [0.1, 0.15) is 15.9 Å². The highest BCUT2D eigenvalue weighted by Gasteiger charge is 2.20. The predicted octanol–water partition coefficient (Wildman–Crippen LogP) is 3.18. The van der Waals surface area contributed by atoms with Crippen molar-refractivity contribution in [3.63, 3.8) is 0 Å². The molecule has 0 aliphatic rings. The van der Waals surface area contributed by atoms with E-state index in [0.29, 0.717) is 10.6 Å². The molecule has 7 nitrogen and oxygen atoms in total. The number of aryl methyl sites for hydroxylation is 1. The number of carbonyl (C=O) groups is 1. The Morgan fingerprint density at radius 2 is 1.88 bits per heavy atom. The summed E-state index contributed by atoms with van der Waals surface area (Å²) in [4.78, 5) is 22.1. The quantitative estimate of drug-likeness (QED) is 0.355. The molecule has 0 spiro atoms. The van der Waals surface area contributed by atoms with Crippen LogP contribution in [0.3, 0.4) is 0 Å². The van der Waals surface area contributed by atoms with E-state index in [9.17, 15) is 23.3 Å². The highest BCUT2D eigenvalue weighted by Crippen LogP contribution is 2.25. The Hall–Kier alpha value is -2.45. The first-order chi connectivity index (χ1) is 11.1. The van der Waals surface area contributed by atoms with E-state index in [0.717, 1.165) is 24.5 Å². The first-order valence-corrected chi connectivity index (χ1v) is 8.83. The number of nitro groups is 1. The molecule has 0 saturated carbocycles. The SMILES string of the molecule is Cc1cc(Cl)ccc1OC(=O)c1cc([N+](=O)[O-])cc(S(C)(=O)=O)c1. The molecule has 0 fully saturated rings. The summed E-state index contributed by atoms with van der Waals surface area (Å²) in [6.45, 7) is 1.67. The minimum Gasteiger partial charge on any atom is -0.423 e. The van der Waals surface area contributed by atoms with E-state index in [4.69, 9.17) is 16.3 Å². The summed E-state index contributed by atoms with van der Waals surface area (Å²) in [7, 11) is -3.73. The summed E-state index contributed by atoms with van der Waals surface area (Å²) in [6.07, 6.45) is 0.893. The van der Waals surface area contributed by atoms with Gasteiger partial charge in [-0.2, -0.15) is 0 Å². The van der Waals surface area contributed by atoms with Crippen LogP contribution in [0.5, 0.6) is 5.75 Å². The van der Waals surface area contributed by atoms with Gasteiger partial charge in [-0.25, -0.2) is 13.2 Å². The summed E-state index contributed by atoms with van der Waals surface area (Å²) in [5.41, 5.74) is -0.165. The molecule has 0 radical (unpaired) electrons. The molecule has 0 amide bonds. The van der Waals surface area contributed by atoms with Crippen LogP contribution in [0, 0.1) is 17.0 Å². The number of sulfone groups is 1. The summed E-state index contributed by atoms with van der Waals surface area (Å²) in [5, 5.41) is 11.4. The van der Waals surface area contributed by atoms with E-state index in [2.05, 4.69) is 0 Å². The topological polar surface area (TPSA) is 104 Å². The average Bonchev–Trinajstić information content (AvgIpc) is 2.48. The van der Waals surface area contributed by atoms with Crippen LogP contribution in [0.4, 0.5) is 5.69 Å². The Bertz CT molecular complexity index is 939. The number of esters is 1. The molecule has 0 unspecified atom stereocenters. The summed E-state index contributed by atoms with van der Waals surface area (Å²) < 4.78 is 28.5. The molecule has 0 aliphatic heterocycles. The molecule has 0 N–H and O–H groups in total. The van der Waals surface area contributed by atoms with Crippen LogP contribution in [0.15, 0.2) is 41.3 Å². The largest absolute Gasteiger partial charge is 0.423 e. The first kappa shape index (κ1) is 17.9. The second-order valence-corrected chi connectivity index (χ2v) is 7.50. The molecule has 0 bridgehead atoms. The van der Waals surface area contributed by atoms with Gasteiger partial charge < -0.3 is 4.74 Å². The average molecular weight is 370 g/mol. The second kappa shape index (κ2) is 6.58. The van der Waals surface area contributed by atoms with Gasteiger partial charge in [-0.15, -0.1) is 0 Å². The van der Waals surface area contributed by atoms with Crippen molar-refractivity contribution in [2.45, 2.75) is 11.8 Å². The monoisotopic (exact) mass is 369 g/mol. The zero-order chi connectivity index (χ0) is 18.1. The molecule has 9 heteroatoms. The van der Waals surface area contributed by atoms with Crippen molar-refractivity contribution in [1.82, 2.24) is 0 Å². The van der Waals surface area contributed by atoms with E-state index in [1.165, 1.54) is 12.1 Å². The van der Waals surface area contributed by atoms with Crippen LogP contribution in [0.25, 0.3) is 0 Å². The summed E-state index contributed by atoms with van der Waals surface area (Å²) in [6, 6.07) is 7.47. The van der Waals surface area contributed by atoms with Gasteiger partial charge in [0.05, 0.1) is 15.4 Å². The molecule has 0 aromatic heterocycles. The van der Waals surface area contributed by atoms with Crippen molar-refractivity contribution in [2.24, 2.45) is 0 Å². The van der Waals surface area contributed by atoms with Crippen molar-refractivity contribution in [1.29, 1.82) is 0 Å².